The number of ether oxygens (including phenoxy) is 1. The lowest BCUT2D eigenvalue weighted by molar-refractivity contribution is -0.139. The largest absolute Gasteiger partial charge is 0.416 e. The number of nitrogens with one attached hydrogen (secondary N) is 1. The summed E-state index contributed by atoms with van der Waals surface area (Å²) in [7, 11) is 0. The number of nitrogens with zero attached hydrogens (tertiary/aromatic N) is 4. The van der Waals surface area contributed by atoms with Crippen molar-refractivity contribution in [3.8, 4) is 11.1 Å². The number of halogens is 7. The minimum absolute atomic E-state index is 0.0615. The van der Waals surface area contributed by atoms with Crippen molar-refractivity contribution in [1.29, 1.82) is 0 Å². The smallest absolute Gasteiger partial charge is 0.375 e. The number of rotatable bonds is 5. The number of hydrogen-bond donors (Lipinski definition) is 3. The van der Waals surface area contributed by atoms with Gasteiger partial charge in [-0.3, -0.25) is 0 Å². The molecule has 0 spiro atoms. The van der Waals surface area contributed by atoms with Crippen LogP contribution in [0.5, 0.6) is 0 Å². The van der Waals surface area contributed by atoms with E-state index in [1.54, 1.807) is 4.90 Å². The molecule has 4 N–H and O–H groups in total. The molecule has 226 valence electrons. The van der Waals surface area contributed by atoms with E-state index in [2.05, 4.69) is 19.7 Å². The zero-order valence-electron chi connectivity index (χ0n) is 21.5. The van der Waals surface area contributed by atoms with Crippen LogP contribution in [-0.4, -0.2) is 57.8 Å². The summed E-state index contributed by atoms with van der Waals surface area (Å²) < 4.78 is 87.7. The molecule has 2 aromatic carbocycles. The minimum atomic E-state index is -4.89. The molecular weight excluding hydrogens is 610 g/mol. The number of aliphatic hydroxyl groups excluding tert-OH is 1. The molecule has 1 aliphatic heterocycles. The Hall–Kier alpha value is -4.57. The number of pyridine rings is 1. The van der Waals surface area contributed by atoms with E-state index in [4.69, 9.17) is 17.3 Å². The zero-order valence-corrected chi connectivity index (χ0v) is 22.3. The molecule has 5 rings (SSSR count). The third-order valence-electron chi connectivity index (χ3n) is 6.69. The Morgan fingerprint density at radius 2 is 1.84 bits per heavy atom. The van der Waals surface area contributed by atoms with Gasteiger partial charge in [-0.2, -0.15) is 13.2 Å². The van der Waals surface area contributed by atoms with Crippen LogP contribution in [0.1, 0.15) is 16.7 Å². The van der Waals surface area contributed by atoms with Crippen molar-refractivity contribution in [3.63, 3.8) is 0 Å². The molecule has 2 aromatic heterocycles. The number of imidazole rings is 1. The minimum Gasteiger partial charge on any atom is -0.375 e. The summed E-state index contributed by atoms with van der Waals surface area (Å²) in [4.78, 5) is 38.5. The summed E-state index contributed by atoms with van der Waals surface area (Å²) >= 11 is 5.87. The fourth-order valence-corrected chi connectivity index (χ4v) is 4.96. The quantitative estimate of drug-likeness (QED) is 0.0958. The number of benzene rings is 2. The standard InChI is InChI=1S/C26H19ClF6N6O4/c27-21(40)13-2-1-3-35-22(13)38-4-5-39(18(10-38)23(41)43-24(34)42)25-36-17-9-12(26(31,32)33)8-14(20(17)37-25)11-6-15(28)19(30)16(29)7-11/h1-3,6-9,18,21,40H,4-5,10H2,(H2,34,42)(H,36,37). The highest BCUT2D eigenvalue weighted by atomic mass is 35.5. The van der Waals surface area contributed by atoms with Crippen LogP contribution >= 0.6 is 11.6 Å². The molecule has 4 aromatic rings. The normalized spacial score (nSPS) is 16.4. The number of H-pyrrole nitrogens is 1. The first-order valence-electron chi connectivity index (χ1n) is 12.3. The van der Waals surface area contributed by atoms with E-state index in [-0.39, 0.29) is 53.6 Å². The van der Waals surface area contributed by atoms with E-state index in [1.807, 2.05) is 0 Å². The average Bonchev–Trinajstić information content (AvgIpc) is 3.38. The second-order valence-corrected chi connectivity index (χ2v) is 9.79. The molecule has 0 bridgehead atoms. The van der Waals surface area contributed by atoms with E-state index < -0.39 is 58.4 Å². The third-order valence-corrected chi connectivity index (χ3v) is 6.93. The maximum absolute atomic E-state index is 14.1. The third kappa shape index (κ3) is 5.87. The number of carbonyl (C=O) groups excluding carboxylic acids is 2. The topological polar surface area (TPSA) is 138 Å². The highest BCUT2D eigenvalue weighted by Gasteiger charge is 2.38. The van der Waals surface area contributed by atoms with Crippen molar-refractivity contribution < 1.29 is 45.8 Å². The maximum Gasteiger partial charge on any atom is 0.416 e. The Bertz CT molecular complexity index is 1710. The van der Waals surface area contributed by atoms with E-state index in [0.717, 1.165) is 0 Å². The van der Waals surface area contributed by atoms with Gasteiger partial charge in [0.2, 0.25) is 5.95 Å². The van der Waals surface area contributed by atoms with Gasteiger partial charge in [0, 0.05) is 30.4 Å². The molecule has 2 atom stereocenters. The summed E-state index contributed by atoms with van der Waals surface area (Å²) in [5.41, 5.74) is 1.38. The number of piperazine rings is 1. The van der Waals surface area contributed by atoms with Crippen molar-refractivity contribution in [3.05, 3.63) is 71.2 Å². The highest BCUT2D eigenvalue weighted by Crippen LogP contribution is 2.39. The van der Waals surface area contributed by atoms with E-state index in [1.165, 1.54) is 23.2 Å². The molecule has 0 radical (unpaired) electrons. The number of fused-ring (bicyclic) bond motifs is 1. The molecule has 0 aliphatic carbocycles. The first-order chi connectivity index (χ1) is 20.2. The summed E-state index contributed by atoms with van der Waals surface area (Å²) in [6, 6.07) is 4.06. The van der Waals surface area contributed by atoms with Gasteiger partial charge in [-0.1, -0.05) is 11.6 Å². The van der Waals surface area contributed by atoms with Crippen molar-refractivity contribution >= 4 is 46.5 Å². The van der Waals surface area contributed by atoms with Gasteiger partial charge >= 0.3 is 18.2 Å². The lowest BCUT2D eigenvalue weighted by Gasteiger charge is -2.40. The average molecular weight is 629 g/mol. The van der Waals surface area contributed by atoms with Gasteiger partial charge in [-0.15, -0.1) is 0 Å². The number of alkyl halides is 4. The number of anilines is 2. The fourth-order valence-electron chi connectivity index (χ4n) is 4.79. The second-order valence-electron chi connectivity index (χ2n) is 9.38. The van der Waals surface area contributed by atoms with Gasteiger partial charge in [-0.25, -0.2) is 32.7 Å². The molecule has 1 saturated heterocycles. The first-order valence-corrected chi connectivity index (χ1v) is 12.7. The van der Waals surface area contributed by atoms with E-state index in [0.29, 0.717) is 24.3 Å². The number of carbonyl (C=O) groups is 2. The lowest BCUT2D eigenvalue weighted by atomic mass is 10.0. The number of aromatic amines is 1. The van der Waals surface area contributed by atoms with E-state index >= 15 is 0 Å². The SMILES string of the molecule is NC(=O)OC(=O)C1CN(c2ncccc2C(O)Cl)CCN1c1nc2c(-c3cc(F)c(F)c(F)c3)cc(C(F)(F)F)cc2[nH]1. The summed E-state index contributed by atoms with van der Waals surface area (Å²) in [5, 5.41) is 9.96. The number of hydrogen-bond acceptors (Lipinski definition) is 8. The predicted molar refractivity (Wildman–Crippen MR) is 140 cm³/mol. The van der Waals surface area contributed by atoms with Crippen LogP contribution in [0, 0.1) is 17.5 Å². The van der Waals surface area contributed by atoms with Crippen LogP contribution in [0.3, 0.4) is 0 Å². The van der Waals surface area contributed by atoms with Crippen LogP contribution in [-0.2, 0) is 15.7 Å². The maximum atomic E-state index is 14.1. The van der Waals surface area contributed by atoms with Gasteiger partial charge in [0.1, 0.15) is 11.9 Å². The van der Waals surface area contributed by atoms with Crippen molar-refractivity contribution in [2.45, 2.75) is 17.8 Å². The molecule has 1 amide bonds. The molecule has 0 saturated carbocycles. The number of esters is 1. The molecule has 1 fully saturated rings. The van der Waals surface area contributed by atoms with Gasteiger partial charge in [-0.05, 0) is 42.0 Å². The van der Waals surface area contributed by atoms with Crippen LogP contribution in [0.4, 0.5) is 42.9 Å². The summed E-state index contributed by atoms with van der Waals surface area (Å²) in [6.07, 6.45) is -4.89. The highest BCUT2D eigenvalue weighted by molar-refractivity contribution is 6.20. The molecule has 17 heteroatoms. The number of primary amides is 1. The second kappa shape index (κ2) is 11.3. The van der Waals surface area contributed by atoms with Gasteiger partial charge in [0.25, 0.3) is 0 Å². The molecule has 3 heterocycles. The van der Waals surface area contributed by atoms with Gasteiger partial charge < -0.3 is 30.4 Å². The molecule has 1 aliphatic rings. The molecular formula is C26H19ClF6N6O4. The first kappa shape index (κ1) is 29.9. The molecule has 43 heavy (non-hydrogen) atoms. The summed E-state index contributed by atoms with van der Waals surface area (Å²) in [6.45, 7) is -0.181. The number of amides is 1. The monoisotopic (exact) mass is 628 g/mol. The van der Waals surface area contributed by atoms with Crippen molar-refractivity contribution in [1.82, 2.24) is 15.0 Å². The van der Waals surface area contributed by atoms with Crippen molar-refractivity contribution in [2.75, 3.05) is 29.4 Å². The Labute approximate surface area is 242 Å². The number of nitrogens with two attached hydrogens (primary N) is 1. The molecule has 10 nitrogen and oxygen atoms in total. The summed E-state index contributed by atoms with van der Waals surface area (Å²) in [5.74, 6) is -6.15. The fraction of sp³-hybridized carbons (Fsp3) is 0.231. The number of aromatic nitrogens is 3. The van der Waals surface area contributed by atoms with Crippen LogP contribution < -0.4 is 15.5 Å². The Morgan fingerprint density at radius 3 is 2.47 bits per heavy atom. The zero-order chi connectivity index (χ0) is 31.2. The van der Waals surface area contributed by atoms with Crippen LogP contribution in [0.25, 0.3) is 22.2 Å². The van der Waals surface area contributed by atoms with Crippen LogP contribution in [0.15, 0.2) is 42.6 Å². The molecule has 2 unspecified atom stereocenters. The number of aliphatic hydroxyl groups is 1. The van der Waals surface area contributed by atoms with Crippen LogP contribution in [0.2, 0.25) is 0 Å². The Kier molecular flexibility index (Phi) is 7.83. The lowest BCUT2D eigenvalue weighted by Crippen LogP contribution is -2.58. The Morgan fingerprint density at radius 1 is 1.14 bits per heavy atom. The van der Waals surface area contributed by atoms with Gasteiger partial charge in [0.05, 0.1) is 23.1 Å². The van der Waals surface area contributed by atoms with Crippen molar-refractivity contribution in [2.24, 2.45) is 5.73 Å². The van der Waals surface area contributed by atoms with E-state index in [9.17, 15) is 41.0 Å². The van der Waals surface area contributed by atoms with Gasteiger partial charge in [0.15, 0.2) is 23.0 Å². The predicted octanol–water partition coefficient (Wildman–Crippen LogP) is 4.61. The Balaban J connectivity index is 1.62.